The Kier molecular flexibility index (Phi) is 28.6. The molecule has 46 heavy (non-hydrogen) atoms. The van der Waals surface area contributed by atoms with Crippen LogP contribution in [0.2, 0.25) is 0 Å². The molecule has 11 nitrogen and oxygen atoms in total. The first-order valence-electron chi connectivity index (χ1n) is 17.0. The molecule has 12 heteroatoms. The normalized spacial score (nSPS) is 14.5. The summed E-state index contributed by atoms with van der Waals surface area (Å²) in [4.78, 5) is 45.1. The number of rotatable bonds is 31. The second-order valence-electron chi connectivity index (χ2n) is 11.3. The first-order chi connectivity index (χ1) is 22.1. The van der Waals surface area contributed by atoms with E-state index >= 15 is 0 Å². The predicted molar refractivity (Wildman–Crippen MR) is 180 cm³/mol. The summed E-state index contributed by atoms with van der Waals surface area (Å²) < 4.78 is 32.1. The Bertz CT molecular complexity index is 937. The monoisotopic (exact) mass is 673 g/mol. The minimum Gasteiger partial charge on any atom is -0.480 e. The van der Waals surface area contributed by atoms with Gasteiger partial charge in [-0.05, 0) is 51.4 Å². The Balaban J connectivity index is 4.27. The maximum atomic E-state index is 12.4. The van der Waals surface area contributed by atoms with Crippen molar-refractivity contribution in [3.05, 3.63) is 36.5 Å². The highest BCUT2D eigenvalue weighted by molar-refractivity contribution is 7.47. The molecule has 0 aliphatic heterocycles. The van der Waals surface area contributed by atoms with Crippen molar-refractivity contribution in [2.24, 2.45) is 5.73 Å². The molecular formula is C34H60NO10P. The van der Waals surface area contributed by atoms with Crippen molar-refractivity contribution in [1.29, 1.82) is 0 Å². The maximum absolute atomic E-state index is 12.4. The summed E-state index contributed by atoms with van der Waals surface area (Å²) in [6, 6.07) is -1.52. The van der Waals surface area contributed by atoms with Crippen LogP contribution in [0.3, 0.4) is 0 Å². The highest BCUT2D eigenvalue weighted by atomic mass is 31.2. The fourth-order valence-corrected chi connectivity index (χ4v) is 4.91. The minimum atomic E-state index is -4.69. The lowest BCUT2D eigenvalue weighted by molar-refractivity contribution is -0.161. The van der Waals surface area contributed by atoms with Crippen LogP contribution in [0.25, 0.3) is 0 Å². The Hall–Kier alpha value is -2.30. The van der Waals surface area contributed by atoms with Crippen LogP contribution in [0.15, 0.2) is 36.5 Å². The van der Waals surface area contributed by atoms with E-state index in [9.17, 15) is 23.8 Å². The predicted octanol–water partition coefficient (Wildman–Crippen LogP) is 7.72. The molecule has 0 aromatic rings. The van der Waals surface area contributed by atoms with Gasteiger partial charge in [-0.1, -0.05) is 102 Å². The van der Waals surface area contributed by atoms with E-state index in [0.29, 0.717) is 12.8 Å². The number of unbranched alkanes of at least 4 members (excludes halogenated alkanes) is 11. The van der Waals surface area contributed by atoms with Gasteiger partial charge in [0.25, 0.3) is 0 Å². The van der Waals surface area contributed by atoms with Gasteiger partial charge in [-0.2, -0.15) is 0 Å². The summed E-state index contributed by atoms with van der Waals surface area (Å²) in [6.07, 6.45) is 28.9. The van der Waals surface area contributed by atoms with Crippen molar-refractivity contribution < 1.29 is 47.5 Å². The van der Waals surface area contributed by atoms with Crippen molar-refractivity contribution in [3.8, 4) is 0 Å². The summed E-state index contributed by atoms with van der Waals surface area (Å²) in [5.74, 6) is -2.43. The average Bonchev–Trinajstić information content (AvgIpc) is 3.02. The SMILES string of the molecule is CCCCC/C=C\C/C=C\C/C=C\CCCCCCCCC(=O)OC(COC(=O)CCCCC)COP(=O)(O)OCC(N)C(=O)O. The molecule has 3 atom stereocenters. The molecule has 0 radical (unpaired) electrons. The lowest BCUT2D eigenvalue weighted by atomic mass is 10.1. The number of hydrogen-bond acceptors (Lipinski definition) is 9. The molecular weight excluding hydrogens is 613 g/mol. The highest BCUT2D eigenvalue weighted by Gasteiger charge is 2.28. The molecule has 4 N–H and O–H groups in total. The minimum absolute atomic E-state index is 0.145. The molecule has 0 amide bonds. The quantitative estimate of drug-likeness (QED) is 0.0285. The van der Waals surface area contributed by atoms with Gasteiger partial charge in [0.2, 0.25) is 0 Å². The van der Waals surface area contributed by atoms with Crippen molar-refractivity contribution in [2.45, 2.75) is 142 Å². The molecule has 0 rings (SSSR count). The average molecular weight is 674 g/mol. The van der Waals surface area contributed by atoms with E-state index in [1.807, 2.05) is 6.92 Å². The number of ether oxygens (including phenoxy) is 2. The number of carboxylic acid groups (broad SMARTS) is 1. The van der Waals surface area contributed by atoms with E-state index in [-0.39, 0.29) is 19.4 Å². The molecule has 266 valence electrons. The largest absolute Gasteiger partial charge is 0.480 e. The van der Waals surface area contributed by atoms with E-state index < -0.39 is 51.1 Å². The zero-order valence-electron chi connectivity index (χ0n) is 28.2. The summed E-state index contributed by atoms with van der Waals surface area (Å²) in [6.45, 7) is 2.52. The second-order valence-corrected chi connectivity index (χ2v) is 12.8. The summed E-state index contributed by atoms with van der Waals surface area (Å²) in [5, 5.41) is 8.79. The van der Waals surface area contributed by atoms with Gasteiger partial charge < -0.3 is 25.2 Å². The lowest BCUT2D eigenvalue weighted by Crippen LogP contribution is -2.34. The van der Waals surface area contributed by atoms with Gasteiger partial charge in [0.1, 0.15) is 12.6 Å². The van der Waals surface area contributed by atoms with E-state index in [0.717, 1.165) is 64.2 Å². The molecule has 0 aliphatic carbocycles. The van der Waals surface area contributed by atoms with Crippen LogP contribution in [0, 0.1) is 0 Å². The number of allylic oxidation sites excluding steroid dienone is 6. The van der Waals surface area contributed by atoms with Gasteiger partial charge in [0.15, 0.2) is 6.10 Å². The van der Waals surface area contributed by atoms with E-state index in [4.69, 9.17) is 24.8 Å². The summed E-state index contributed by atoms with van der Waals surface area (Å²) >= 11 is 0. The molecule has 0 fully saturated rings. The van der Waals surface area contributed by atoms with Crippen LogP contribution in [0.5, 0.6) is 0 Å². The van der Waals surface area contributed by atoms with Crippen LogP contribution < -0.4 is 5.73 Å². The smallest absolute Gasteiger partial charge is 0.472 e. The number of phosphoric ester groups is 1. The fraction of sp³-hybridized carbons (Fsp3) is 0.735. The summed E-state index contributed by atoms with van der Waals surface area (Å²) in [5.41, 5.74) is 5.27. The number of carboxylic acids is 1. The number of nitrogens with two attached hydrogens (primary N) is 1. The van der Waals surface area contributed by atoms with Gasteiger partial charge in [-0.3, -0.25) is 23.4 Å². The van der Waals surface area contributed by atoms with Crippen molar-refractivity contribution in [3.63, 3.8) is 0 Å². The number of carbonyl (C=O) groups is 3. The van der Waals surface area contributed by atoms with Crippen LogP contribution in [0.1, 0.15) is 129 Å². The van der Waals surface area contributed by atoms with Crippen LogP contribution in [-0.4, -0.2) is 59.9 Å². The fourth-order valence-electron chi connectivity index (χ4n) is 4.13. The number of phosphoric acid groups is 1. The zero-order chi connectivity index (χ0) is 34.3. The van der Waals surface area contributed by atoms with E-state index in [1.54, 1.807) is 0 Å². The van der Waals surface area contributed by atoms with Crippen LogP contribution in [0.4, 0.5) is 0 Å². The molecule has 0 saturated heterocycles. The Labute approximate surface area is 276 Å². The third-order valence-electron chi connectivity index (χ3n) is 6.89. The molecule has 0 heterocycles. The first kappa shape index (κ1) is 43.7. The molecule has 0 aromatic heterocycles. The molecule has 0 aliphatic rings. The third kappa shape index (κ3) is 29.1. The number of hydrogen-bond donors (Lipinski definition) is 3. The number of esters is 2. The topological polar surface area (TPSA) is 172 Å². The van der Waals surface area contributed by atoms with Gasteiger partial charge >= 0.3 is 25.7 Å². The van der Waals surface area contributed by atoms with Crippen LogP contribution >= 0.6 is 7.82 Å². The summed E-state index contributed by atoms with van der Waals surface area (Å²) in [7, 11) is -4.69. The number of aliphatic carboxylic acids is 1. The maximum Gasteiger partial charge on any atom is 0.472 e. The van der Waals surface area contributed by atoms with Crippen molar-refractivity contribution in [2.75, 3.05) is 19.8 Å². The molecule has 0 saturated carbocycles. The second kappa shape index (κ2) is 30.1. The highest BCUT2D eigenvalue weighted by Crippen LogP contribution is 2.43. The van der Waals surface area contributed by atoms with Crippen LogP contribution in [-0.2, 0) is 37.5 Å². The van der Waals surface area contributed by atoms with Crippen molar-refractivity contribution >= 4 is 25.7 Å². The van der Waals surface area contributed by atoms with Crippen molar-refractivity contribution in [1.82, 2.24) is 0 Å². The molecule has 0 spiro atoms. The first-order valence-corrected chi connectivity index (χ1v) is 18.5. The van der Waals surface area contributed by atoms with Gasteiger partial charge in [-0.15, -0.1) is 0 Å². The van der Waals surface area contributed by atoms with E-state index in [1.165, 1.54) is 25.7 Å². The molecule has 3 unspecified atom stereocenters. The Morgan fingerprint density at radius 3 is 1.76 bits per heavy atom. The van der Waals surface area contributed by atoms with Gasteiger partial charge in [-0.25, -0.2) is 4.57 Å². The van der Waals surface area contributed by atoms with Gasteiger partial charge in [0.05, 0.1) is 13.2 Å². The Morgan fingerprint density at radius 2 is 1.15 bits per heavy atom. The van der Waals surface area contributed by atoms with Gasteiger partial charge in [0, 0.05) is 12.8 Å². The van der Waals surface area contributed by atoms with E-state index in [2.05, 4.69) is 47.9 Å². The number of carbonyl (C=O) groups excluding carboxylic acids is 2. The lowest BCUT2D eigenvalue weighted by Gasteiger charge is -2.20. The third-order valence-corrected chi connectivity index (χ3v) is 7.84. The standard InChI is InChI=1S/C34H60NO10P/c1-3-5-7-8-9-10-11-12-13-14-15-16-17-18-19-20-21-22-24-26-33(37)45-30(27-42-32(36)25-23-6-4-2)28-43-46(40,41)44-29-31(35)34(38)39/h9-10,12-13,15-16,30-31H,3-8,11,14,17-29,35H2,1-2H3,(H,38,39)(H,40,41)/b10-9-,13-12-,16-15-. The molecule has 0 bridgehead atoms. The molecule has 0 aromatic carbocycles. The zero-order valence-corrected chi connectivity index (χ0v) is 29.0. The Morgan fingerprint density at radius 1 is 0.674 bits per heavy atom.